The van der Waals surface area contributed by atoms with Gasteiger partial charge >= 0.3 is 0 Å². The van der Waals surface area contributed by atoms with Crippen LogP contribution in [0.1, 0.15) is 30.9 Å². The molecule has 1 aromatic heterocycles. The van der Waals surface area contributed by atoms with Gasteiger partial charge in [-0.3, -0.25) is 4.72 Å². The molecule has 0 aliphatic rings. The maximum atomic E-state index is 11.8. The van der Waals surface area contributed by atoms with Crippen LogP contribution < -0.4 is 10.0 Å². The van der Waals surface area contributed by atoms with Crippen molar-refractivity contribution in [1.29, 1.82) is 0 Å². The predicted octanol–water partition coefficient (Wildman–Crippen LogP) is 3.98. The molecular formula is C17H23N3O2S. The van der Waals surface area contributed by atoms with Gasteiger partial charge in [-0.25, -0.2) is 13.4 Å². The van der Waals surface area contributed by atoms with Crippen LogP contribution in [0.2, 0.25) is 0 Å². The lowest BCUT2D eigenvalue weighted by Gasteiger charge is -2.11. The molecule has 2 aromatic rings. The number of hydrogen-bond acceptors (Lipinski definition) is 4. The van der Waals surface area contributed by atoms with Crippen molar-refractivity contribution in [2.45, 2.75) is 33.6 Å². The van der Waals surface area contributed by atoms with E-state index in [1.807, 2.05) is 32.0 Å². The highest BCUT2D eigenvalue weighted by Gasteiger charge is 2.10. The average molecular weight is 333 g/mol. The molecule has 0 unspecified atom stereocenters. The summed E-state index contributed by atoms with van der Waals surface area (Å²) in [4.78, 5) is 4.16. The number of rotatable bonds is 7. The van der Waals surface area contributed by atoms with Crippen molar-refractivity contribution in [3.63, 3.8) is 0 Å². The Morgan fingerprint density at radius 1 is 1.13 bits per heavy atom. The molecule has 0 fully saturated rings. The van der Waals surface area contributed by atoms with Crippen molar-refractivity contribution in [3.8, 4) is 0 Å². The largest absolute Gasteiger partial charge is 0.354 e. The lowest BCUT2D eigenvalue weighted by Crippen LogP contribution is -2.17. The Bertz CT molecular complexity index is 756. The third-order valence-corrected chi connectivity index (χ3v) is 4.80. The lowest BCUT2D eigenvalue weighted by atomic mass is 10.1. The van der Waals surface area contributed by atoms with Gasteiger partial charge < -0.3 is 5.32 Å². The fourth-order valence-electron chi connectivity index (χ4n) is 2.18. The first-order chi connectivity index (χ1) is 10.9. The lowest BCUT2D eigenvalue weighted by molar-refractivity contribution is 0.597. The van der Waals surface area contributed by atoms with Gasteiger partial charge in [0.25, 0.3) is 0 Å². The number of pyridine rings is 1. The first-order valence-corrected chi connectivity index (χ1v) is 9.35. The summed E-state index contributed by atoms with van der Waals surface area (Å²) >= 11 is 0. The molecule has 23 heavy (non-hydrogen) atoms. The van der Waals surface area contributed by atoms with Crippen molar-refractivity contribution in [2.24, 2.45) is 0 Å². The molecule has 0 aliphatic carbocycles. The third-order valence-electron chi connectivity index (χ3n) is 3.45. The van der Waals surface area contributed by atoms with E-state index < -0.39 is 10.0 Å². The van der Waals surface area contributed by atoms with E-state index in [-0.39, 0.29) is 5.75 Å². The minimum atomic E-state index is -3.31. The second-order valence-corrected chi connectivity index (χ2v) is 7.49. The predicted molar refractivity (Wildman–Crippen MR) is 95.8 cm³/mol. The van der Waals surface area contributed by atoms with Crippen LogP contribution in [0.3, 0.4) is 0 Å². The number of nitrogens with one attached hydrogen (secondary N) is 2. The molecule has 0 saturated carbocycles. The van der Waals surface area contributed by atoms with Crippen LogP contribution in [0.15, 0.2) is 36.5 Å². The minimum Gasteiger partial charge on any atom is -0.354 e. The Morgan fingerprint density at radius 2 is 1.91 bits per heavy atom. The molecule has 0 atom stereocenters. The van der Waals surface area contributed by atoms with Gasteiger partial charge in [-0.05, 0) is 44.0 Å². The number of nitrogens with zero attached hydrogens (tertiary/aromatic N) is 1. The smallest absolute Gasteiger partial charge is 0.233 e. The summed E-state index contributed by atoms with van der Waals surface area (Å²) in [5.74, 6) is 0.459. The number of aryl methyl sites for hydroxylation is 2. The van der Waals surface area contributed by atoms with Gasteiger partial charge in [0.2, 0.25) is 10.0 Å². The molecule has 1 heterocycles. The van der Waals surface area contributed by atoms with Crippen molar-refractivity contribution in [3.05, 3.63) is 47.7 Å². The van der Waals surface area contributed by atoms with E-state index in [9.17, 15) is 8.42 Å². The fourth-order valence-corrected chi connectivity index (χ4v) is 3.39. The van der Waals surface area contributed by atoms with E-state index in [0.717, 1.165) is 23.4 Å². The van der Waals surface area contributed by atoms with E-state index in [4.69, 9.17) is 0 Å². The molecule has 5 nitrogen and oxygen atoms in total. The topological polar surface area (TPSA) is 71.1 Å². The van der Waals surface area contributed by atoms with Crippen LogP contribution >= 0.6 is 0 Å². The Labute approximate surface area is 138 Å². The van der Waals surface area contributed by atoms with Crippen molar-refractivity contribution in [2.75, 3.05) is 15.8 Å². The van der Waals surface area contributed by atoms with Gasteiger partial charge in [-0.1, -0.05) is 31.0 Å². The quantitative estimate of drug-likeness (QED) is 0.804. The zero-order valence-electron chi connectivity index (χ0n) is 13.8. The summed E-state index contributed by atoms with van der Waals surface area (Å²) < 4.78 is 26.2. The highest BCUT2D eigenvalue weighted by molar-refractivity contribution is 7.92. The summed E-state index contributed by atoms with van der Waals surface area (Å²) in [6, 6.07) is 9.64. The average Bonchev–Trinajstić information content (AvgIpc) is 2.50. The second-order valence-electron chi connectivity index (χ2n) is 5.65. The van der Waals surface area contributed by atoms with E-state index in [0.29, 0.717) is 12.2 Å². The van der Waals surface area contributed by atoms with Gasteiger partial charge in [-0.2, -0.15) is 0 Å². The number of aromatic nitrogens is 1. The first-order valence-electron chi connectivity index (χ1n) is 7.70. The molecule has 0 aliphatic heterocycles. The molecule has 6 heteroatoms. The SMILES string of the molecule is CCCCS(=O)(=O)Nc1ccc(Nc2ccc(C)cc2C)cn1. The van der Waals surface area contributed by atoms with Crippen LogP contribution in [0, 0.1) is 13.8 Å². The summed E-state index contributed by atoms with van der Waals surface area (Å²) in [5.41, 5.74) is 4.18. The van der Waals surface area contributed by atoms with Crippen molar-refractivity contribution in [1.82, 2.24) is 4.98 Å². The minimum absolute atomic E-state index is 0.119. The number of anilines is 3. The molecule has 0 radical (unpaired) electrons. The standard InChI is InChI=1S/C17H23N3O2S/c1-4-5-10-23(21,22)20-17-9-7-15(12-18-17)19-16-8-6-13(2)11-14(16)3/h6-9,11-12,19H,4-5,10H2,1-3H3,(H,18,20). The first kappa shape index (κ1) is 17.3. The van der Waals surface area contributed by atoms with Gasteiger partial charge in [0, 0.05) is 5.69 Å². The maximum Gasteiger partial charge on any atom is 0.233 e. The Hall–Kier alpha value is -2.08. The van der Waals surface area contributed by atoms with Crippen LogP contribution in [-0.2, 0) is 10.0 Å². The van der Waals surface area contributed by atoms with Crippen molar-refractivity contribution >= 4 is 27.2 Å². The molecule has 1 aromatic carbocycles. The Kier molecular flexibility index (Phi) is 5.60. The van der Waals surface area contributed by atoms with Crippen LogP contribution in [0.4, 0.5) is 17.2 Å². The third kappa shape index (κ3) is 5.25. The number of benzene rings is 1. The van der Waals surface area contributed by atoms with Gasteiger partial charge in [0.1, 0.15) is 5.82 Å². The van der Waals surface area contributed by atoms with E-state index in [1.54, 1.807) is 12.3 Å². The summed E-state index contributed by atoms with van der Waals surface area (Å²) in [6.45, 7) is 6.05. The monoisotopic (exact) mass is 333 g/mol. The highest BCUT2D eigenvalue weighted by Crippen LogP contribution is 2.21. The summed E-state index contributed by atoms with van der Waals surface area (Å²) in [5, 5.41) is 3.28. The van der Waals surface area contributed by atoms with E-state index >= 15 is 0 Å². The second kappa shape index (κ2) is 7.46. The molecule has 0 bridgehead atoms. The molecule has 124 valence electrons. The molecular weight excluding hydrogens is 310 g/mol. The molecule has 0 spiro atoms. The molecule has 2 N–H and O–H groups in total. The van der Waals surface area contributed by atoms with Crippen LogP contribution in [0.5, 0.6) is 0 Å². The fraction of sp³-hybridized carbons (Fsp3) is 0.353. The Balaban J connectivity index is 2.05. The van der Waals surface area contributed by atoms with Gasteiger partial charge in [0.15, 0.2) is 0 Å². The molecule has 0 amide bonds. The highest BCUT2D eigenvalue weighted by atomic mass is 32.2. The zero-order valence-corrected chi connectivity index (χ0v) is 14.6. The maximum absolute atomic E-state index is 11.8. The van der Waals surface area contributed by atoms with Gasteiger partial charge in [0.05, 0.1) is 17.6 Å². The number of unbranched alkanes of at least 4 members (excludes halogenated alkanes) is 1. The summed E-state index contributed by atoms with van der Waals surface area (Å²) in [7, 11) is -3.31. The van der Waals surface area contributed by atoms with E-state index in [2.05, 4.69) is 28.0 Å². The van der Waals surface area contributed by atoms with Crippen molar-refractivity contribution < 1.29 is 8.42 Å². The molecule has 0 saturated heterocycles. The van der Waals surface area contributed by atoms with E-state index in [1.165, 1.54) is 5.56 Å². The Morgan fingerprint density at radius 3 is 2.52 bits per heavy atom. The van der Waals surface area contributed by atoms with Crippen LogP contribution in [-0.4, -0.2) is 19.2 Å². The molecule has 2 rings (SSSR count). The zero-order chi connectivity index (χ0) is 16.9. The normalized spacial score (nSPS) is 11.3. The number of hydrogen-bond donors (Lipinski definition) is 2. The van der Waals surface area contributed by atoms with Gasteiger partial charge in [-0.15, -0.1) is 0 Å². The van der Waals surface area contributed by atoms with Crippen LogP contribution in [0.25, 0.3) is 0 Å². The number of sulfonamides is 1. The summed E-state index contributed by atoms with van der Waals surface area (Å²) in [6.07, 6.45) is 3.10.